The van der Waals surface area contributed by atoms with E-state index in [0.717, 1.165) is 21.9 Å². The van der Waals surface area contributed by atoms with Crippen molar-refractivity contribution in [3.05, 3.63) is 131 Å². The van der Waals surface area contributed by atoms with Gasteiger partial charge in [0.25, 0.3) is 0 Å². The summed E-state index contributed by atoms with van der Waals surface area (Å²) >= 11 is 6.15. The zero-order chi connectivity index (χ0) is 37.9. The number of phenols is 1. The van der Waals surface area contributed by atoms with Crippen LogP contribution in [0.1, 0.15) is 31.2 Å². The quantitative estimate of drug-likeness (QED) is 0.142. The van der Waals surface area contributed by atoms with Gasteiger partial charge in [-0.1, -0.05) is 65.7 Å². The number of para-hydroxylation sites is 2. The third-order valence-corrected chi connectivity index (χ3v) is 12.6. The Labute approximate surface area is 318 Å². The van der Waals surface area contributed by atoms with Gasteiger partial charge < -0.3 is 9.52 Å². The Bertz CT molecular complexity index is 2670. The fourth-order valence-electron chi connectivity index (χ4n) is 9.78. The third kappa shape index (κ3) is 4.67. The fourth-order valence-corrected chi connectivity index (χ4v) is 9.96. The van der Waals surface area contributed by atoms with Crippen molar-refractivity contribution in [2.24, 2.45) is 29.1 Å². The Morgan fingerprint density at radius 1 is 0.836 bits per heavy atom. The first kappa shape index (κ1) is 33.4. The first-order valence-electron chi connectivity index (χ1n) is 18.1. The van der Waals surface area contributed by atoms with Crippen LogP contribution < -0.4 is 9.80 Å². The van der Waals surface area contributed by atoms with Crippen molar-refractivity contribution in [3.8, 4) is 17.2 Å². The highest BCUT2D eigenvalue weighted by Crippen LogP contribution is 2.65. The number of halogens is 2. The second-order valence-corrected chi connectivity index (χ2v) is 15.4. The Hall–Kier alpha value is -6.13. The van der Waals surface area contributed by atoms with Crippen LogP contribution in [0.4, 0.5) is 15.8 Å². The third-order valence-electron chi connectivity index (χ3n) is 12.3. The molecule has 6 unspecified atom stereocenters. The molecule has 11 heteroatoms. The molecule has 2 aliphatic heterocycles. The molecule has 2 saturated heterocycles. The average molecular weight is 752 g/mol. The van der Waals surface area contributed by atoms with Gasteiger partial charge in [-0.15, -0.1) is 0 Å². The van der Waals surface area contributed by atoms with E-state index < -0.39 is 52.6 Å². The number of hydrogen-bond donors (Lipinski definition) is 1. The monoisotopic (exact) mass is 751 g/mol. The molecule has 6 atom stereocenters. The van der Waals surface area contributed by atoms with E-state index in [9.17, 15) is 28.7 Å². The van der Waals surface area contributed by atoms with Gasteiger partial charge in [0.05, 0.1) is 39.6 Å². The molecule has 9 nitrogen and oxygen atoms in total. The molecule has 0 bridgehead atoms. The smallest absolute Gasteiger partial charge is 0.241 e. The van der Waals surface area contributed by atoms with Crippen molar-refractivity contribution < 1.29 is 33.1 Å². The maximum absolute atomic E-state index is 14.9. The molecule has 10 rings (SSSR count). The summed E-state index contributed by atoms with van der Waals surface area (Å²) in [6.45, 7) is 1.74. The second-order valence-electron chi connectivity index (χ2n) is 15.0. The highest BCUT2D eigenvalue weighted by molar-refractivity contribution is 6.32. The van der Waals surface area contributed by atoms with Gasteiger partial charge in [-0.3, -0.25) is 24.1 Å². The van der Waals surface area contributed by atoms with E-state index in [1.54, 1.807) is 43.3 Å². The van der Waals surface area contributed by atoms with Gasteiger partial charge in [0.2, 0.25) is 29.5 Å². The maximum Gasteiger partial charge on any atom is 0.241 e. The minimum absolute atomic E-state index is 0.0506. The Kier molecular flexibility index (Phi) is 7.26. The van der Waals surface area contributed by atoms with Gasteiger partial charge >= 0.3 is 0 Å². The van der Waals surface area contributed by atoms with E-state index in [1.165, 1.54) is 17.0 Å². The lowest BCUT2D eigenvalue weighted by Gasteiger charge is -2.49. The largest absolute Gasteiger partial charge is 0.508 e. The molecule has 2 aliphatic carbocycles. The lowest BCUT2D eigenvalue weighted by Crippen LogP contribution is -2.49. The highest BCUT2D eigenvalue weighted by atomic mass is 35.5. The summed E-state index contributed by atoms with van der Waals surface area (Å²) in [5, 5.41) is 13.0. The van der Waals surface area contributed by atoms with E-state index in [-0.39, 0.29) is 41.1 Å². The molecule has 5 aromatic carbocycles. The molecule has 4 aliphatic rings. The summed E-state index contributed by atoms with van der Waals surface area (Å²) in [6.07, 6.45) is 2.30. The van der Waals surface area contributed by atoms with Crippen molar-refractivity contribution in [1.29, 1.82) is 0 Å². The van der Waals surface area contributed by atoms with E-state index >= 15 is 0 Å². The van der Waals surface area contributed by atoms with Gasteiger partial charge in [-0.05, 0) is 97.1 Å². The standard InChI is InChI=1S/C44H31ClFN3O6/c1-44-30(41(52)49(43(44)54)25-15-18-32(46)31(45)20-25)21-29-27(38(44)37-26-7-3-2-6-22(26)12-19-34(37)50)16-17-28-36(29)42(53)48(40(28)51)24-13-10-23(11-14-24)39-47-33-8-4-5-9-35(33)55-39/h2-16,18-20,28-30,36,38,50H,17,21H2,1H3. The molecule has 1 N–H and O–H groups in total. The molecule has 0 radical (unpaired) electrons. The predicted molar refractivity (Wildman–Crippen MR) is 204 cm³/mol. The number of aromatic hydroxyl groups is 1. The number of fused-ring (bicyclic) bond motifs is 6. The molecular formula is C44H31ClFN3O6. The van der Waals surface area contributed by atoms with Gasteiger partial charge in [-0.2, -0.15) is 0 Å². The van der Waals surface area contributed by atoms with E-state index in [0.29, 0.717) is 39.2 Å². The molecular weight excluding hydrogens is 721 g/mol. The molecule has 3 fully saturated rings. The van der Waals surface area contributed by atoms with Crippen LogP contribution in [0.15, 0.2) is 119 Å². The number of allylic oxidation sites excluding steroid dienone is 2. The first-order valence-corrected chi connectivity index (χ1v) is 18.5. The summed E-state index contributed by atoms with van der Waals surface area (Å²) in [7, 11) is 0. The number of benzene rings is 5. The first-order chi connectivity index (χ1) is 26.6. The van der Waals surface area contributed by atoms with Crippen molar-refractivity contribution >= 4 is 68.5 Å². The Morgan fingerprint density at radius 2 is 1.58 bits per heavy atom. The molecule has 4 amide bonds. The van der Waals surface area contributed by atoms with Crippen molar-refractivity contribution in [1.82, 2.24) is 4.98 Å². The number of nitrogens with zero attached hydrogens (tertiary/aromatic N) is 3. The molecule has 6 aromatic rings. The van der Waals surface area contributed by atoms with Crippen LogP contribution in [0.2, 0.25) is 5.02 Å². The summed E-state index contributed by atoms with van der Waals surface area (Å²) in [6, 6.07) is 28.9. The average Bonchev–Trinajstić information content (AvgIpc) is 3.80. The van der Waals surface area contributed by atoms with E-state index in [1.807, 2.05) is 54.6 Å². The van der Waals surface area contributed by atoms with Crippen LogP contribution >= 0.6 is 11.6 Å². The zero-order valence-corrected chi connectivity index (χ0v) is 30.0. The van der Waals surface area contributed by atoms with Gasteiger partial charge in [0, 0.05) is 17.0 Å². The molecule has 55 heavy (non-hydrogen) atoms. The minimum Gasteiger partial charge on any atom is -0.508 e. The number of anilines is 2. The number of oxazole rings is 1. The van der Waals surface area contributed by atoms with Crippen molar-refractivity contribution in [2.45, 2.75) is 25.7 Å². The second kappa shape index (κ2) is 11.9. The summed E-state index contributed by atoms with van der Waals surface area (Å²) in [5.41, 5.74) is 2.37. The van der Waals surface area contributed by atoms with Gasteiger partial charge in [0.1, 0.15) is 17.1 Å². The number of rotatable bonds is 4. The van der Waals surface area contributed by atoms with Crippen LogP contribution in [0.5, 0.6) is 5.75 Å². The van der Waals surface area contributed by atoms with Crippen LogP contribution in [0.3, 0.4) is 0 Å². The number of amides is 4. The Balaban J connectivity index is 1.07. The van der Waals surface area contributed by atoms with Crippen LogP contribution in [-0.2, 0) is 19.2 Å². The van der Waals surface area contributed by atoms with Crippen LogP contribution in [0, 0.1) is 34.9 Å². The summed E-state index contributed by atoms with van der Waals surface area (Å²) in [5.74, 6) is -5.97. The zero-order valence-electron chi connectivity index (χ0n) is 29.3. The maximum atomic E-state index is 14.9. The number of carbonyl (C=O) groups is 4. The number of imide groups is 2. The molecule has 0 spiro atoms. The van der Waals surface area contributed by atoms with Crippen LogP contribution in [0.25, 0.3) is 33.3 Å². The van der Waals surface area contributed by atoms with E-state index in [2.05, 4.69) is 4.98 Å². The van der Waals surface area contributed by atoms with Gasteiger partial charge in [-0.25, -0.2) is 14.3 Å². The van der Waals surface area contributed by atoms with Crippen LogP contribution in [-0.4, -0.2) is 33.7 Å². The fraction of sp³-hybridized carbons (Fsp3) is 0.205. The molecule has 3 heterocycles. The summed E-state index contributed by atoms with van der Waals surface area (Å²) in [4.78, 5) is 65.2. The Morgan fingerprint density at radius 3 is 2.36 bits per heavy atom. The van der Waals surface area contributed by atoms with E-state index in [4.69, 9.17) is 16.0 Å². The lowest BCUT2D eigenvalue weighted by atomic mass is 9.51. The molecule has 272 valence electrons. The minimum atomic E-state index is -1.42. The molecule has 1 saturated carbocycles. The SMILES string of the molecule is CC12C(=O)N(c3ccc(F)c(Cl)c3)C(=O)C1CC1C(=CCC3C(=O)N(c4ccc(-c5nc6ccccc6o5)cc4)C(=O)C31)C2c1c(O)ccc2ccccc12. The number of aromatic nitrogens is 1. The number of carbonyl (C=O) groups excluding carboxylic acids is 4. The normalized spacial score (nSPS) is 26.1. The summed E-state index contributed by atoms with van der Waals surface area (Å²) < 4.78 is 20.2. The predicted octanol–water partition coefficient (Wildman–Crippen LogP) is 8.58. The number of hydrogen-bond acceptors (Lipinski definition) is 7. The topological polar surface area (TPSA) is 121 Å². The van der Waals surface area contributed by atoms with Crippen molar-refractivity contribution in [3.63, 3.8) is 0 Å². The molecule has 1 aromatic heterocycles. The number of phenolic OH excluding ortho intramolecular Hbond substituents is 1. The van der Waals surface area contributed by atoms with Crippen molar-refractivity contribution in [2.75, 3.05) is 9.80 Å². The van der Waals surface area contributed by atoms with Gasteiger partial charge in [0.15, 0.2) is 5.58 Å². The lowest BCUT2D eigenvalue weighted by molar-refractivity contribution is -0.131. The highest BCUT2D eigenvalue weighted by Gasteiger charge is 2.68.